The average Bonchev–Trinajstić information content (AvgIpc) is 2.89. The third-order valence-electron chi connectivity index (χ3n) is 6.76. The number of carbonyl (C=O) groups is 1. The molecule has 3 aromatic carbocycles. The van der Waals surface area contributed by atoms with Gasteiger partial charge in [0.2, 0.25) is 0 Å². The van der Waals surface area contributed by atoms with E-state index in [1.807, 2.05) is 49.4 Å². The molecule has 1 atom stereocenters. The normalized spacial score (nSPS) is 19.2. The molecule has 180 valence electrons. The van der Waals surface area contributed by atoms with Crippen molar-refractivity contribution in [2.75, 3.05) is 4.90 Å². The van der Waals surface area contributed by atoms with E-state index in [9.17, 15) is 25.4 Å². The van der Waals surface area contributed by atoms with Crippen molar-refractivity contribution in [2.45, 2.75) is 32.1 Å². The Morgan fingerprint density at radius 1 is 1.03 bits per heavy atom. The number of ketones is 1. The molecule has 0 saturated carbocycles. The topological polar surface area (TPSA) is 108 Å². The monoisotopic (exact) mass is 479 g/mol. The van der Waals surface area contributed by atoms with E-state index in [1.165, 1.54) is 12.1 Å². The molecule has 3 aromatic rings. The van der Waals surface area contributed by atoms with Gasteiger partial charge in [0.1, 0.15) is 11.6 Å². The molecule has 0 amide bonds. The molecule has 5 rings (SSSR count). The second-order valence-corrected chi connectivity index (χ2v) is 9.07. The van der Waals surface area contributed by atoms with E-state index in [-0.39, 0.29) is 28.6 Å². The minimum atomic E-state index is -0.804. The van der Waals surface area contributed by atoms with Gasteiger partial charge in [0.05, 0.1) is 4.92 Å². The van der Waals surface area contributed by atoms with Crippen LogP contribution in [0.1, 0.15) is 41.9 Å². The Morgan fingerprint density at radius 2 is 1.75 bits per heavy atom. The molecule has 0 radical (unpaired) electrons. The highest BCUT2D eigenvalue weighted by molar-refractivity contribution is 6.19. The fraction of sp³-hybridized carbons (Fsp3) is 0.172. The predicted molar refractivity (Wildman–Crippen MR) is 139 cm³/mol. The van der Waals surface area contributed by atoms with Crippen LogP contribution < -0.4 is 4.90 Å². The highest BCUT2D eigenvalue weighted by Crippen LogP contribution is 2.48. The molecule has 2 N–H and O–H groups in total. The number of nitro groups is 1. The molecular weight excluding hydrogens is 454 g/mol. The summed E-state index contributed by atoms with van der Waals surface area (Å²) in [5.74, 6) is -0.955. The molecule has 1 aliphatic carbocycles. The number of Topliss-reactive ketones (excluding diaryl/α,β-unsaturated/α-hetero) is 1. The summed E-state index contributed by atoms with van der Waals surface area (Å²) in [5, 5.41) is 32.5. The van der Waals surface area contributed by atoms with Crippen LogP contribution in [0.25, 0.3) is 5.76 Å². The Kier molecular flexibility index (Phi) is 5.98. The molecule has 0 bridgehead atoms. The number of non-ortho nitro benzene ring substituents is 1. The lowest BCUT2D eigenvalue weighted by Gasteiger charge is -2.41. The van der Waals surface area contributed by atoms with Crippen LogP contribution in [0.15, 0.2) is 95.7 Å². The summed E-state index contributed by atoms with van der Waals surface area (Å²) in [6.45, 7) is 1.94. The van der Waals surface area contributed by atoms with Crippen molar-refractivity contribution in [1.82, 2.24) is 0 Å². The predicted octanol–water partition coefficient (Wildman–Crippen LogP) is 6.46. The second-order valence-electron chi connectivity index (χ2n) is 9.07. The molecule has 0 saturated heterocycles. The van der Waals surface area contributed by atoms with Crippen molar-refractivity contribution >= 4 is 28.8 Å². The van der Waals surface area contributed by atoms with E-state index in [2.05, 4.69) is 0 Å². The number of para-hydroxylation sites is 1. The molecule has 36 heavy (non-hydrogen) atoms. The highest BCUT2D eigenvalue weighted by atomic mass is 16.6. The van der Waals surface area contributed by atoms with Gasteiger partial charge in [-0.05, 0) is 37.5 Å². The van der Waals surface area contributed by atoms with Gasteiger partial charge >= 0.3 is 0 Å². The molecular formula is C29H25N3O4. The average molecular weight is 480 g/mol. The fourth-order valence-electron chi connectivity index (χ4n) is 5.07. The van der Waals surface area contributed by atoms with Crippen LogP contribution in [-0.4, -0.2) is 21.6 Å². The minimum Gasteiger partial charge on any atom is -0.507 e. The number of anilines is 1. The van der Waals surface area contributed by atoms with Gasteiger partial charge in [-0.2, -0.15) is 0 Å². The van der Waals surface area contributed by atoms with Gasteiger partial charge in [-0.15, -0.1) is 0 Å². The van der Waals surface area contributed by atoms with Gasteiger partial charge in [0, 0.05) is 52.6 Å². The number of hydrogen-bond acceptors (Lipinski definition) is 5. The van der Waals surface area contributed by atoms with Gasteiger partial charge in [-0.1, -0.05) is 60.2 Å². The summed E-state index contributed by atoms with van der Waals surface area (Å²) in [6.07, 6.45) is 1.58. The SMILES string of the molecule is Cc1ccc(/C(O)=C2\C(=N)N(c3ccccc3)C3=C(C(=O)CCC3)C2c2cccc([N+](=O)[O-])c2)cc1. The molecule has 0 aromatic heterocycles. The zero-order chi connectivity index (χ0) is 25.4. The molecule has 2 aliphatic rings. The first kappa shape index (κ1) is 23.2. The third kappa shape index (κ3) is 3.98. The number of benzene rings is 3. The zero-order valence-electron chi connectivity index (χ0n) is 19.8. The summed E-state index contributed by atoms with van der Waals surface area (Å²) in [7, 11) is 0. The van der Waals surface area contributed by atoms with E-state index in [0.29, 0.717) is 41.7 Å². The number of allylic oxidation sites excluding steroid dienone is 2. The van der Waals surface area contributed by atoms with Crippen molar-refractivity contribution in [3.8, 4) is 0 Å². The van der Waals surface area contributed by atoms with E-state index in [4.69, 9.17) is 0 Å². The van der Waals surface area contributed by atoms with Gasteiger partial charge < -0.3 is 5.11 Å². The van der Waals surface area contributed by atoms with Crippen LogP contribution in [0.2, 0.25) is 0 Å². The summed E-state index contributed by atoms with van der Waals surface area (Å²) >= 11 is 0. The summed E-state index contributed by atoms with van der Waals surface area (Å²) < 4.78 is 0. The standard InChI is InChI=1S/C29H25N3O4/c1-18-13-15-19(16-14-18)28(34)27-25(20-7-5-10-22(17-20)32(35)36)26-23(11-6-12-24(26)33)31(29(27)30)21-8-3-2-4-9-21/h2-5,7-10,13-17,25,30,34H,6,11-12H2,1H3/b28-27+,30-29?. The largest absolute Gasteiger partial charge is 0.507 e. The summed E-state index contributed by atoms with van der Waals surface area (Å²) in [4.78, 5) is 26.3. The van der Waals surface area contributed by atoms with Crippen LogP contribution in [0.4, 0.5) is 11.4 Å². The van der Waals surface area contributed by atoms with E-state index in [1.54, 1.807) is 29.2 Å². The van der Waals surface area contributed by atoms with Crippen LogP contribution in [0, 0.1) is 22.4 Å². The van der Waals surface area contributed by atoms with Crippen LogP contribution in [0.3, 0.4) is 0 Å². The molecule has 1 unspecified atom stereocenters. The third-order valence-corrected chi connectivity index (χ3v) is 6.76. The Labute approximate surface area is 208 Å². The maximum Gasteiger partial charge on any atom is 0.269 e. The van der Waals surface area contributed by atoms with Crippen molar-refractivity contribution in [1.29, 1.82) is 5.41 Å². The van der Waals surface area contributed by atoms with E-state index < -0.39 is 10.8 Å². The van der Waals surface area contributed by atoms with Crippen LogP contribution >= 0.6 is 0 Å². The number of rotatable bonds is 4. The van der Waals surface area contributed by atoms with Gasteiger partial charge in [-0.25, -0.2) is 0 Å². The maximum atomic E-state index is 13.5. The Bertz CT molecular complexity index is 1440. The number of aryl methyl sites for hydroxylation is 1. The lowest BCUT2D eigenvalue weighted by atomic mass is 9.73. The molecule has 0 fully saturated rings. The fourth-order valence-corrected chi connectivity index (χ4v) is 5.07. The van der Waals surface area contributed by atoms with Gasteiger partial charge in [-0.3, -0.25) is 25.2 Å². The molecule has 1 aliphatic heterocycles. The Hall–Kier alpha value is -4.52. The van der Waals surface area contributed by atoms with Crippen molar-refractivity contribution in [2.24, 2.45) is 0 Å². The first-order valence-electron chi connectivity index (χ1n) is 11.8. The Balaban J connectivity index is 1.84. The van der Waals surface area contributed by atoms with Crippen molar-refractivity contribution in [3.05, 3.63) is 123 Å². The summed E-state index contributed by atoms with van der Waals surface area (Å²) in [6, 6.07) is 22.8. The number of amidine groups is 1. The molecule has 0 spiro atoms. The van der Waals surface area contributed by atoms with E-state index >= 15 is 0 Å². The second kappa shape index (κ2) is 9.26. The first-order chi connectivity index (χ1) is 17.4. The van der Waals surface area contributed by atoms with Crippen LogP contribution in [0.5, 0.6) is 0 Å². The smallest absolute Gasteiger partial charge is 0.269 e. The Morgan fingerprint density at radius 3 is 2.44 bits per heavy atom. The van der Waals surface area contributed by atoms with E-state index in [0.717, 1.165) is 11.3 Å². The first-order valence-corrected chi connectivity index (χ1v) is 11.8. The van der Waals surface area contributed by atoms with Gasteiger partial charge in [0.15, 0.2) is 5.78 Å². The number of nitrogens with one attached hydrogen (secondary N) is 1. The zero-order valence-corrected chi connectivity index (χ0v) is 19.8. The maximum absolute atomic E-state index is 13.5. The van der Waals surface area contributed by atoms with Crippen molar-refractivity contribution in [3.63, 3.8) is 0 Å². The molecule has 7 heteroatoms. The lowest BCUT2D eigenvalue weighted by molar-refractivity contribution is -0.384. The van der Waals surface area contributed by atoms with Crippen molar-refractivity contribution < 1.29 is 14.8 Å². The highest BCUT2D eigenvalue weighted by Gasteiger charge is 2.43. The number of nitrogens with zero attached hydrogens (tertiary/aromatic N) is 2. The number of carbonyl (C=O) groups excluding carboxylic acids is 1. The number of aliphatic hydroxyl groups excluding tert-OH is 1. The lowest BCUT2D eigenvalue weighted by Crippen LogP contribution is -2.42. The summed E-state index contributed by atoms with van der Waals surface area (Å²) in [5.41, 5.74) is 4.07. The molecule has 7 nitrogen and oxygen atoms in total. The number of hydrogen-bond donors (Lipinski definition) is 2. The minimum absolute atomic E-state index is 0.0456. The quantitative estimate of drug-likeness (QED) is 0.254. The number of aliphatic hydroxyl groups is 1. The number of nitro benzene ring substituents is 1. The van der Waals surface area contributed by atoms with Crippen LogP contribution in [-0.2, 0) is 4.79 Å². The molecule has 1 heterocycles. The van der Waals surface area contributed by atoms with Gasteiger partial charge in [0.25, 0.3) is 5.69 Å².